The number of nitrogens with zero attached hydrogens (tertiary/aromatic N) is 1. The summed E-state index contributed by atoms with van der Waals surface area (Å²) >= 11 is 0. The predicted molar refractivity (Wildman–Crippen MR) is 91.5 cm³/mol. The van der Waals surface area contributed by atoms with Crippen molar-refractivity contribution in [3.05, 3.63) is 89.2 Å². The number of ketones is 1. The number of benzene rings is 2. The van der Waals surface area contributed by atoms with Gasteiger partial charge in [0.05, 0.1) is 11.1 Å². The van der Waals surface area contributed by atoms with Crippen LogP contribution in [0.4, 0.5) is 8.78 Å². The first-order valence-corrected chi connectivity index (χ1v) is 7.85. The third kappa shape index (κ3) is 3.69. The maximum atomic E-state index is 13.6. The Morgan fingerprint density at radius 1 is 1.04 bits per heavy atom. The van der Waals surface area contributed by atoms with E-state index in [1.165, 1.54) is 0 Å². The highest BCUT2D eigenvalue weighted by atomic mass is 19.1. The molecule has 132 valence electrons. The number of aromatic nitrogens is 1. The van der Waals surface area contributed by atoms with E-state index in [0.29, 0.717) is 6.07 Å². The summed E-state index contributed by atoms with van der Waals surface area (Å²) < 4.78 is 33.3. The number of halogens is 2. The molecule has 3 aromatic rings. The average molecular weight is 355 g/mol. The quantitative estimate of drug-likeness (QED) is 0.511. The van der Waals surface area contributed by atoms with Crippen LogP contribution in [0.25, 0.3) is 5.69 Å². The van der Waals surface area contributed by atoms with E-state index in [9.17, 15) is 18.4 Å². The van der Waals surface area contributed by atoms with Crippen molar-refractivity contribution in [2.24, 2.45) is 0 Å². The van der Waals surface area contributed by atoms with Gasteiger partial charge in [-0.25, -0.2) is 13.6 Å². The minimum atomic E-state index is -0.990. The Hall–Kier alpha value is -3.28. The molecule has 0 spiro atoms. The molecular weight excluding hydrogens is 340 g/mol. The monoisotopic (exact) mass is 355 g/mol. The summed E-state index contributed by atoms with van der Waals surface area (Å²) in [6.07, 6.45) is 3.69. The smallest absolute Gasteiger partial charge is 0.338 e. The molecular formula is C20H15F2NO3. The van der Waals surface area contributed by atoms with Gasteiger partial charge in [0.25, 0.3) is 0 Å². The average Bonchev–Trinajstić information content (AvgIpc) is 3.14. The highest BCUT2D eigenvalue weighted by molar-refractivity contribution is 5.99. The normalized spacial score (nSPS) is 10.6. The minimum Gasteiger partial charge on any atom is -0.454 e. The third-order valence-electron chi connectivity index (χ3n) is 3.89. The van der Waals surface area contributed by atoms with Gasteiger partial charge in [-0.05, 0) is 48.9 Å². The molecule has 0 unspecified atom stereocenters. The van der Waals surface area contributed by atoms with Crippen molar-refractivity contribution in [1.82, 2.24) is 4.57 Å². The van der Waals surface area contributed by atoms with Crippen LogP contribution < -0.4 is 0 Å². The van der Waals surface area contributed by atoms with Gasteiger partial charge in [-0.3, -0.25) is 4.79 Å². The first-order chi connectivity index (χ1) is 12.5. The summed E-state index contributed by atoms with van der Waals surface area (Å²) in [5.74, 6) is -3.22. The fourth-order valence-corrected chi connectivity index (χ4v) is 2.52. The Balaban J connectivity index is 1.72. The lowest BCUT2D eigenvalue weighted by Crippen LogP contribution is -2.16. The van der Waals surface area contributed by atoms with Gasteiger partial charge in [0, 0.05) is 24.1 Å². The van der Waals surface area contributed by atoms with Crippen LogP contribution in [-0.4, -0.2) is 22.9 Å². The Labute approximate surface area is 148 Å². The topological polar surface area (TPSA) is 48.3 Å². The first-order valence-electron chi connectivity index (χ1n) is 7.85. The zero-order chi connectivity index (χ0) is 18.7. The molecule has 0 atom stereocenters. The van der Waals surface area contributed by atoms with Gasteiger partial charge >= 0.3 is 5.97 Å². The number of aryl methyl sites for hydroxylation is 1. The molecule has 2 aromatic carbocycles. The Morgan fingerprint density at radius 2 is 1.77 bits per heavy atom. The second-order valence-electron chi connectivity index (χ2n) is 5.72. The van der Waals surface area contributed by atoms with Crippen molar-refractivity contribution in [2.45, 2.75) is 6.92 Å². The summed E-state index contributed by atoms with van der Waals surface area (Å²) in [6.45, 7) is 1.28. The summed E-state index contributed by atoms with van der Waals surface area (Å²) in [5, 5.41) is 0. The van der Waals surface area contributed by atoms with E-state index in [2.05, 4.69) is 0 Å². The molecule has 1 aromatic heterocycles. The van der Waals surface area contributed by atoms with Gasteiger partial charge in [-0.1, -0.05) is 6.07 Å². The Bertz CT molecular complexity index is 965. The van der Waals surface area contributed by atoms with E-state index >= 15 is 0 Å². The molecule has 0 amide bonds. The van der Waals surface area contributed by atoms with Gasteiger partial charge in [0.2, 0.25) is 5.78 Å². The van der Waals surface area contributed by atoms with Crippen molar-refractivity contribution in [3.8, 4) is 5.69 Å². The van der Waals surface area contributed by atoms with Crippen LogP contribution in [0, 0.1) is 18.6 Å². The lowest BCUT2D eigenvalue weighted by molar-refractivity contribution is 0.0473. The second kappa shape index (κ2) is 7.31. The molecule has 0 aliphatic carbocycles. The molecule has 6 heteroatoms. The third-order valence-corrected chi connectivity index (χ3v) is 3.89. The van der Waals surface area contributed by atoms with E-state index in [1.54, 1.807) is 18.2 Å². The highest BCUT2D eigenvalue weighted by Gasteiger charge is 2.16. The predicted octanol–water partition coefficient (Wildman–Crippen LogP) is 4.10. The lowest BCUT2D eigenvalue weighted by atomic mass is 10.1. The fraction of sp³-hybridized carbons (Fsp3) is 0.100. The van der Waals surface area contributed by atoms with Gasteiger partial charge < -0.3 is 9.30 Å². The van der Waals surface area contributed by atoms with Crippen LogP contribution in [0.5, 0.6) is 0 Å². The number of esters is 1. The molecule has 26 heavy (non-hydrogen) atoms. The number of ether oxygens (including phenoxy) is 1. The zero-order valence-electron chi connectivity index (χ0n) is 13.9. The van der Waals surface area contributed by atoms with Crippen molar-refractivity contribution in [1.29, 1.82) is 0 Å². The first kappa shape index (κ1) is 17.5. The maximum Gasteiger partial charge on any atom is 0.338 e. The second-order valence-corrected chi connectivity index (χ2v) is 5.72. The SMILES string of the molecule is Cc1ccc(C(=O)OCC(=O)c2ccc(F)cc2F)cc1-n1cccc1. The molecule has 4 nitrogen and oxygen atoms in total. The number of hydrogen-bond acceptors (Lipinski definition) is 3. The van der Waals surface area contributed by atoms with Crippen LogP contribution >= 0.6 is 0 Å². The molecule has 0 saturated carbocycles. The standard InChI is InChI=1S/C20H15F2NO3/c1-13-4-5-14(10-18(13)23-8-2-3-9-23)20(25)26-12-19(24)16-7-6-15(21)11-17(16)22/h2-11H,12H2,1H3. The van der Waals surface area contributed by atoms with Crippen LogP contribution in [0.3, 0.4) is 0 Å². The largest absolute Gasteiger partial charge is 0.454 e. The van der Waals surface area contributed by atoms with Crippen molar-refractivity contribution in [3.63, 3.8) is 0 Å². The molecule has 3 rings (SSSR count). The molecule has 0 fully saturated rings. The van der Waals surface area contributed by atoms with E-state index in [-0.39, 0.29) is 11.1 Å². The van der Waals surface area contributed by atoms with Gasteiger partial charge in [-0.2, -0.15) is 0 Å². The number of rotatable bonds is 5. The van der Waals surface area contributed by atoms with Crippen molar-refractivity contribution < 1.29 is 23.1 Å². The molecule has 0 radical (unpaired) electrons. The van der Waals surface area contributed by atoms with Gasteiger partial charge in [0.15, 0.2) is 6.61 Å². The molecule has 0 aliphatic rings. The minimum absolute atomic E-state index is 0.270. The summed E-state index contributed by atoms with van der Waals surface area (Å²) in [6, 6.07) is 11.3. The van der Waals surface area contributed by atoms with Crippen molar-refractivity contribution >= 4 is 11.8 Å². The van der Waals surface area contributed by atoms with E-state index in [0.717, 1.165) is 23.4 Å². The fourth-order valence-electron chi connectivity index (χ4n) is 2.52. The molecule has 0 N–H and O–H groups in total. The number of Topliss-reactive ketones (excluding diaryl/α,β-unsaturated/α-hetero) is 1. The Kier molecular flexibility index (Phi) is 4.93. The van der Waals surface area contributed by atoms with Crippen LogP contribution in [-0.2, 0) is 4.74 Å². The summed E-state index contributed by atoms with van der Waals surface area (Å²) in [4.78, 5) is 24.2. The Morgan fingerprint density at radius 3 is 2.46 bits per heavy atom. The van der Waals surface area contributed by atoms with Crippen LogP contribution in [0.2, 0.25) is 0 Å². The zero-order valence-corrected chi connectivity index (χ0v) is 13.9. The van der Waals surface area contributed by atoms with Crippen molar-refractivity contribution in [2.75, 3.05) is 6.61 Å². The van der Waals surface area contributed by atoms with E-state index in [4.69, 9.17) is 4.74 Å². The molecule has 0 bridgehead atoms. The molecule has 0 aliphatic heterocycles. The van der Waals surface area contributed by atoms with Crippen LogP contribution in [0.15, 0.2) is 60.9 Å². The van der Waals surface area contributed by atoms with E-state index < -0.39 is 30.0 Å². The van der Waals surface area contributed by atoms with Crippen LogP contribution in [0.1, 0.15) is 26.3 Å². The summed E-state index contributed by atoms with van der Waals surface area (Å²) in [7, 11) is 0. The lowest BCUT2D eigenvalue weighted by Gasteiger charge is -2.10. The summed E-state index contributed by atoms with van der Waals surface area (Å²) in [5.41, 5.74) is 1.71. The number of hydrogen-bond donors (Lipinski definition) is 0. The highest BCUT2D eigenvalue weighted by Crippen LogP contribution is 2.17. The number of carbonyl (C=O) groups is 2. The van der Waals surface area contributed by atoms with Gasteiger partial charge in [-0.15, -0.1) is 0 Å². The molecule has 0 saturated heterocycles. The maximum absolute atomic E-state index is 13.6. The van der Waals surface area contributed by atoms with Gasteiger partial charge in [0.1, 0.15) is 11.6 Å². The molecule has 1 heterocycles. The number of carbonyl (C=O) groups excluding carboxylic acids is 2. The van der Waals surface area contributed by atoms with E-state index in [1.807, 2.05) is 36.0 Å².